The van der Waals surface area contributed by atoms with Crippen molar-refractivity contribution in [2.75, 3.05) is 13.2 Å². The summed E-state index contributed by atoms with van der Waals surface area (Å²) < 4.78 is 11.1. The second-order valence-electron chi connectivity index (χ2n) is 14.2. The summed E-state index contributed by atoms with van der Waals surface area (Å²) in [7, 11) is 0. The van der Waals surface area contributed by atoms with Gasteiger partial charge >= 0.3 is 0 Å². The molecule has 10 nitrogen and oxygen atoms in total. The van der Waals surface area contributed by atoms with Crippen molar-refractivity contribution < 1.29 is 44.9 Å². The van der Waals surface area contributed by atoms with Gasteiger partial charge in [0.05, 0.1) is 25.4 Å². The Balaban J connectivity index is 2.52. The second kappa shape index (κ2) is 30.5. The third-order valence-corrected chi connectivity index (χ3v) is 9.72. The molecule has 8 unspecified atom stereocenters. The summed E-state index contributed by atoms with van der Waals surface area (Å²) in [5.74, 6) is -0.619. The molecule has 0 spiro atoms. The van der Waals surface area contributed by atoms with Crippen LogP contribution in [0.1, 0.15) is 168 Å². The molecule has 1 fully saturated rings. The van der Waals surface area contributed by atoms with E-state index in [-0.39, 0.29) is 6.61 Å². The lowest BCUT2D eigenvalue weighted by Crippen LogP contribution is -2.60. The number of aliphatic hydroxyl groups excluding tert-OH is 6. The standard InChI is InChI=1S/C39H75NO9/c1-3-5-7-9-11-13-15-16-17-18-20-21-23-25-27-32(42)31(30-48-39-37(46)36(45)35(44)34(29-41)49-39)40-38(47)33(43)28-26-24-22-19-14-12-10-8-6-4-2/h25,27,31-37,39,41-46H,3-24,26,28-30H2,1-2H3,(H,40,47)/b27-25+. The Morgan fingerprint density at radius 3 is 1.65 bits per heavy atom. The van der Waals surface area contributed by atoms with Crippen LogP contribution in [0.2, 0.25) is 0 Å². The maximum Gasteiger partial charge on any atom is 0.249 e. The predicted octanol–water partition coefficient (Wildman–Crippen LogP) is 5.97. The summed E-state index contributed by atoms with van der Waals surface area (Å²) in [6, 6.07) is -0.972. The smallest absolute Gasteiger partial charge is 0.249 e. The Bertz CT molecular complexity index is 798. The summed E-state index contributed by atoms with van der Waals surface area (Å²) in [4.78, 5) is 12.9. The number of rotatable bonds is 32. The number of amides is 1. The van der Waals surface area contributed by atoms with Crippen LogP contribution in [0.15, 0.2) is 12.2 Å². The molecule has 1 heterocycles. The van der Waals surface area contributed by atoms with Crippen LogP contribution in [-0.4, -0.2) is 98.7 Å². The van der Waals surface area contributed by atoms with Crippen LogP contribution in [0.4, 0.5) is 0 Å². The first-order valence-electron chi connectivity index (χ1n) is 20.0. The van der Waals surface area contributed by atoms with Gasteiger partial charge in [0.15, 0.2) is 6.29 Å². The van der Waals surface area contributed by atoms with Crippen molar-refractivity contribution in [1.82, 2.24) is 5.32 Å². The van der Waals surface area contributed by atoms with Crippen molar-refractivity contribution in [1.29, 1.82) is 0 Å². The summed E-state index contributed by atoms with van der Waals surface area (Å²) in [5, 5.41) is 64.3. The molecule has 49 heavy (non-hydrogen) atoms. The maximum atomic E-state index is 12.9. The number of carbonyl (C=O) groups is 1. The van der Waals surface area contributed by atoms with E-state index >= 15 is 0 Å². The van der Waals surface area contributed by atoms with Gasteiger partial charge in [-0.05, 0) is 19.3 Å². The molecule has 0 aromatic heterocycles. The highest BCUT2D eigenvalue weighted by atomic mass is 16.7. The number of nitrogens with one attached hydrogen (secondary N) is 1. The fraction of sp³-hybridized carbons (Fsp3) is 0.923. The third kappa shape index (κ3) is 21.8. The minimum Gasteiger partial charge on any atom is -0.394 e. The molecule has 10 heteroatoms. The van der Waals surface area contributed by atoms with Crippen LogP contribution in [0.3, 0.4) is 0 Å². The molecular formula is C39H75NO9. The van der Waals surface area contributed by atoms with Crippen LogP contribution in [-0.2, 0) is 14.3 Å². The Morgan fingerprint density at radius 1 is 0.694 bits per heavy atom. The summed E-state index contributed by atoms with van der Waals surface area (Å²) in [6.07, 6.45) is 21.6. The van der Waals surface area contributed by atoms with Crippen molar-refractivity contribution in [3.05, 3.63) is 12.2 Å². The van der Waals surface area contributed by atoms with Gasteiger partial charge in [0.1, 0.15) is 30.5 Å². The van der Waals surface area contributed by atoms with Gasteiger partial charge in [-0.2, -0.15) is 0 Å². The highest BCUT2D eigenvalue weighted by Crippen LogP contribution is 2.22. The first-order valence-corrected chi connectivity index (χ1v) is 20.0. The number of allylic oxidation sites excluding steroid dienone is 1. The van der Waals surface area contributed by atoms with Gasteiger partial charge < -0.3 is 45.4 Å². The Morgan fingerprint density at radius 2 is 1.16 bits per heavy atom. The molecule has 7 N–H and O–H groups in total. The monoisotopic (exact) mass is 702 g/mol. The SMILES string of the molecule is CCCCCCCCCCCCCC/C=C/C(O)C(COC1OC(CO)C(O)C(O)C1O)NC(=O)C(O)CCCCCCCCCCCC. The van der Waals surface area contributed by atoms with Crippen molar-refractivity contribution in [3.8, 4) is 0 Å². The van der Waals surface area contributed by atoms with E-state index in [4.69, 9.17) is 9.47 Å². The van der Waals surface area contributed by atoms with Gasteiger partial charge in [0.25, 0.3) is 0 Å². The highest BCUT2D eigenvalue weighted by molar-refractivity contribution is 5.80. The lowest BCUT2D eigenvalue weighted by molar-refractivity contribution is -0.302. The average Bonchev–Trinajstić information content (AvgIpc) is 3.10. The summed E-state index contributed by atoms with van der Waals surface area (Å²) in [5.41, 5.74) is 0. The van der Waals surface area contributed by atoms with E-state index in [0.29, 0.717) is 6.42 Å². The fourth-order valence-electron chi connectivity index (χ4n) is 6.34. The van der Waals surface area contributed by atoms with E-state index in [1.165, 1.54) is 103 Å². The van der Waals surface area contributed by atoms with E-state index < -0.39 is 61.5 Å². The lowest BCUT2D eigenvalue weighted by atomic mass is 9.99. The molecule has 1 rings (SSSR count). The molecule has 1 aliphatic rings. The second-order valence-corrected chi connectivity index (χ2v) is 14.2. The number of carbonyl (C=O) groups excluding carboxylic acids is 1. The van der Waals surface area contributed by atoms with E-state index in [0.717, 1.165) is 44.9 Å². The van der Waals surface area contributed by atoms with Crippen LogP contribution >= 0.6 is 0 Å². The Kier molecular flexibility index (Phi) is 28.6. The van der Waals surface area contributed by atoms with Crippen molar-refractivity contribution >= 4 is 5.91 Å². The fourth-order valence-corrected chi connectivity index (χ4v) is 6.34. The molecular weight excluding hydrogens is 626 g/mol. The largest absolute Gasteiger partial charge is 0.394 e. The van der Waals surface area contributed by atoms with Crippen LogP contribution < -0.4 is 5.32 Å². The number of unbranched alkanes of at least 4 members (excludes halogenated alkanes) is 21. The van der Waals surface area contributed by atoms with E-state index in [2.05, 4.69) is 19.2 Å². The van der Waals surface area contributed by atoms with Crippen LogP contribution in [0.5, 0.6) is 0 Å². The molecule has 1 amide bonds. The maximum absolute atomic E-state index is 12.9. The third-order valence-electron chi connectivity index (χ3n) is 9.72. The van der Waals surface area contributed by atoms with Crippen molar-refractivity contribution in [3.63, 3.8) is 0 Å². The van der Waals surface area contributed by atoms with Gasteiger partial charge in [0, 0.05) is 0 Å². The average molecular weight is 702 g/mol. The zero-order chi connectivity index (χ0) is 36.1. The number of hydrogen-bond donors (Lipinski definition) is 7. The predicted molar refractivity (Wildman–Crippen MR) is 195 cm³/mol. The summed E-state index contributed by atoms with van der Waals surface area (Å²) >= 11 is 0. The Labute approximate surface area is 298 Å². The molecule has 8 atom stereocenters. The molecule has 290 valence electrons. The highest BCUT2D eigenvalue weighted by Gasteiger charge is 2.44. The number of ether oxygens (including phenoxy) is 2. The van der Waals surface area contributed by atoms with E-state index in [1.807, 2.05) is 6.08 Å². The van der Waals surface area contributed by atoms with Crippen LogP contribution in [0.25, 0.3) is 0 Å². The summed E-state index contributed by atoms with van der Waals surface area (Å²) in [6.45, 7) is 3.56. The molecule has 0 saturated carbocycles. The Hall–Kier alpha value is -1.11. The topological polar surface area (TPSA) is 169 Å². The molecule has 0 aromatic rings. The molecule has 0 radical (unpaired) electrons. The van der Waals surface area contributed by atoms with E-state index in [1.54, 1.807) is 6.08 Å². The first-order chi connectivity index (χ1) is 23.8. The van der Waals surface area contributed by atoms with Gasteiger partial charge in [-0.3, -0.25) is 4.79 Å². The van der Waals surface area contributed by atoms with Gasteiger partial charge in [0.2, 0.25) is 5.91 Å². The van der Waals surface area contributed by atoms with Gasteiger partial charge in [-0.1, -0.05) is 161 Å². The minimum absolute atomic E-state index is 0.302. The quantitative estimate of drug-likeness (QED) is 0.0330. The van der Waals surface area contributed by atoms with Crippen molar-refractivity contribution in [2.24, 2.45) is 0 Å². The first kappa shape index (κ1) is 45.9. The zero-order valence-electron chi connectivity index (χ0n) is 31.1. The van der Waals surface area contributed by atoms with E-state index in [9.17, 15) is 35.4 Å². The zero-order valence-corrected chi connectivity index (χ0v) is 31.1. The number of aliphatic hydroxyl groups is 6. The molecule has 0 bridgehead atoms. The van der Waals surface area contributed by atoms with Crippen LogP contribution in [0, 0.1) is 0 Å². The lowest BCUT2D eigenvalue weighted by Gasteiger charge is -2.40. The molecule has 1 aliphatic heterocycles. The molecule has 0 aliphatic carbocycles. The van der Waals surface area contributed by atoms with Gasteiger partial charge in [-0.25, -0.2) is 0 Å². The normalized spacial score (nSPS) is 23.1. The van der Waals surface area contributed by atoms with Crippen molar-refractivity contribution in [2.45, 2.75) is 217 Å². The minimum atomic E-state index is -1.60. The molecule has 1 saturated heterocycles. The number of hydrogen-bond acceptors (Lipinski definition) is 9. The van der Waals surface area contributed by atoms with Gasteiger partial charge in [-0.15, -0.1) is 0 Å². The molecule has 0 aromatic carbocycles.